The highest BCUT2D eigenvalue weighted by Crippen LogP contribution is 2.34. The first kappa shape index (κ1) is 42.9. The molecule has 1 aromatic carbocycles. The van der Waals surface area contributed by atoms with E-state index in [2.05, 4.69) is 93.1 Å². The smallest absolute Gasteiger partial charge is 0.327 e. The second-order valence-corrected chi connectivity index (χ2v) is 18.1. The molecular weight excluding hydrogens is 880 g/mol. The standard InChI is InChI=1S/C44H56Br2N8O5/c45-34-25-30(26-35(46)40(34)56)28-37(50-43(58)53-23-16-33(17-24-53)54-38-12-8-18-48-41(38)51-44(54)59)42(57)49-36(27-29-13-19-47-20-14-29)39(55)31-9-6-7-21-52(22-15-31)32-10-4-2-1-3-5-11-32/h2,4-5,8,10-12,18,25-26,29,31,33,36-37,47,56H,1,3,6-7,9,13-17,19-24,27-28H2,(H,49,57)(H,50,58)(H,48,51,59)/b4-2-,11-5?,32-10?/t31?,36-,37+/m0/s1. The van der Waals surface area contributed by atoms with Gasteiger partial charge in [-0.15, -0.1) is 0 Å². The number of nitrogens with one attached hydrogen (secondary N) is 4. The molecule has 5 N–H and O–H groups in total. The number of aromatic hydroxyl groups is 1. The Bertz CT molecular complexity index is 2090. The van der Waals surface area contributed by atoms with Crippen LogP contribution in [0.4, 0.5) is 4.79 Å². The third-order valence-electron chi connectivity index (χ3n) is 12.4. The Balaban J connectivity index is 1.08. The number of allylic oxidation sites excluding steroid dienone is 5. The predicted molar refractivity (Wildman–Crippen MR) is 236 cm³/mol. The zero-order valence-electron chi connectivity index (χ0n) is 33.5. The first-order valence-electron chi connectivity index (χ1n) is 21.2. The Labute approximate surface area is 362 Å². The van der Waals surface area contributed by atoms with Gasteiger partial charge in [0, 0.05) is 56.5 Å². The highest BCUT2D eigenvalue weighted by Gasteiger charge is 2.35. The second kappa shape index (κ2) is 20.4. The number of imidazole rings is 1. The molecule has 3 amide bonds. The number of piperidine rings is 2. The van der Waals surface area contributed by atoms with Crippen LogP contribution in [-0.4, -0.2) is 98.5 Å². The number of halogens is 2. The number of rotatable bonds is 11. The summed E-state index contributed by atoms with van der Waals surface area (Å²) in [5, 5.41) is 20.1. The molecule has 3 fully saturated rings. The minimum absolute atomic E-state index is 0.0375. The summed E-state index contributed by atoms with van der Waals surface area (Å²) < 4.78 is 2.64. The third kappa shape index (κ3) is 10.9. The average Bonchev–Trinajstić information content (AvgIpc) is 3.55. The van der Waals surface area contributed by atoms with E-state index in [1.807, 2.05) is 6.07 Å². The summed E-state index contributed by atoms with van der Waals surface area (Å²) >= 11 is 6.83. The Morgan fingerprint density at radius 3 is 2.46 bits per heavy atom. The summed E-state index contributed by atoms with van der Waals surface area (Å²) in [7, 11) is 0. The number of phenolic OH excluding ortho intramolecular Hbond substituents is 1. The zero-order chi connectivity index (χ0) is 41.3. The molecule has 15 heteroatoms. The van der Waals surface area contributed by atoms with Gasteiger partial charge in [-0.3, -0.25) is 19.1 Å². The maximum Gasteiger partial charge on any atom is 0.327 e. The van der Waals surface area contributed by atoms with E-state index in [4.69, 9.17) is 0 Å². The number of aromatic amines is 1. The number of hydrogen-bond donors (Lipinski definition) is 5. The molecule has 3 atom stereocenters. The molecular formula is C44H56Br2N8O5. The van der Waals surface area contributed by atoms with Gasteiger partial charge in [0.2, 0.25) is 5.91 Å². The van der Waals surface area contributed by atoms with Crippen LogP contribution >= 0.6 is 31.9 Å². The molecule has 3 aromatic rings. The topological polar surface area (TPSA) is 165 Å². The fourth-order valence-electron chi connectivity index (χ4n) is 9.05. The lowest BCUT2D eigenvalue weighted by Gasteiger charge is -2.35. The SMILES string of the molecule is O=C(C1CCCCN(C2=C/C=C\CCC=C2)CC1)[C@H](CC1CCNCC1)NC(=O)[C@@H](Cc1cc(Br)c(O)c(Br)c1)NC(=O)N1CCC(n2c(=O)[nH]c3ncccc32)CC1. The number of carbonyl (C=O) groups excluding carboxylic acids is 3. The summed E-state index contributed by atoms with van der Waals surface area (Å²) in [4.78, 5) is 67.4. The molecule has 59 heavy (non-hydrogen) atoms. The van der Waals surface area contributed by atoms with Gasteiger partial charge in [0.15, 0.2) is 11.4 Å². The minimum atomic E-state index is -1.01. The van der Waals surface area contributed by atoms with Crippen LogP contribution in [0.2, 0.25) is 0 Å². The van der Waals surface area contributed by atoms with E-state index in [1.165, 1.54) is 5.70 Å². The van der Waals surface area contributed by atoms with Gasteiger partial charge in [-0.05, 0) is 157 Å². The van der Waals surface area contributed by atoms with Crippen molar-refractivity contribution in [3.8, 4) is 5.75 Å². The van der Waals surface area contributed by atoms with Crippen molar-refractivity contribution in [3.63, 3.8) is 0 Å². The van der Waals surface area contributed by atoms with Crippen LogP contribution in [0.25, 0.3) is 11.2 Å². The number of ketones is 1. The molecule has 1 unspecified atom stereocenters. The maximum absolute atomic E-state index is 14.7. The quantitative estimate of drug-likeness (QED) is 0.143. The van der Waals surface area contributed by atoms with Crippen LogP contribution in [0.15, 0.2) is 80.3 Å². The predicted octanol–water partition coefficient (Wildman–Crippen LogP) is 6.64. The zero-order valence-corrected chi connectivity index (χ0v) is 36.7. The van der Waals surface area contributed by atoms with Crippen LogP contribution < -0.4 is 21.6 Å². The van der Waals surface area contributed by atoms with Crippen LogP contribution in [-0.2, 0) is 16.0 Å². The van der Waals surface area contributed by atoms with Crippen molar-refractivity contribution in [2.75, 3.05) is 39.3 Å². The highest BCUT2D eigenvalue weighted by molar-refractivity contribution is 9.11. The summed E-state index contributed by atoms with van der Waals surface area (Å²) in [6.45, 7) is 4.24. The maximum atomic E-state index is 14.7. The van der Waals surface area contributed by atoms with Crippen LogP contribution in [0, 0.1) is 11.8 Å². The number of hydrogen-bond acceptors (Lipinski definition) is 8. The van der Waals surface area contributed by atoms with Crippen molar-refractivity contribution >= 4 is 60.7 Å². The van der Waals surface area contributed by atoms with Crippen LogP contribution in [0.5, 0.6) is 5.75 Å². The molecule has 7 rings (SSSR count). The number of carbonyl (C=O) groups is 3. The number of pyridine rings is 1. The Kier molecular flexibility index (Phi) is 14.8. The second-order valence-electron chi connectivity index (χ2n) is 16.4. The van der Waals surface area contributed by atoms with E-state index < -0.39 is 18.0 Å². The molecule has 0 spiro atoms. The Hall–Kier alpha value is -4.21. The van der Waals surface area contributed by atoms with Gasteiger partial charge in [0.25, 0.3) is 0 Å². The molecule has 0 radical (unpaired) electrons. The fourth-order valence-corrected chi connectivity index (χ4v) is 10.3. The molecule has 4 aliphatic rings. The van der Waals surface area contributed by atoms with Crippen molar-refractivity contribution in [1.82, 2.24) is 40.3 Å². The number of nitrogens with zero attached hydrogens (tertiary/aromatic N) is 4. The molecule has 2 aromatic heterocycles. The first-order chi connectivity index (χ1) is 28.6. The number of phenols is 1. The van der Waals surface area contributed by atoms with Crippen molar-refractivity contribution in [2.24, 2.45) is 11.8 Å². The van der Waals surface area contributed by atoms with Gasteiger partial charge in [-0.1, -0.05) is 24.6 Å². The van der Waals surface area contributed by atoms with E-state index >= 15 is 0 Å². The fraction of sp³-hybridized carbons (Fsp3) is 0.523. The largest absolute Gasteiger partial charge is 0.506 e. The molecule has 13 nitrogen and oxygen atoms in total. The van der Waals surface area contributed by atoms with Crippen LogP contribution in [0.1, 0.15) is 82.2 Å². The summed E-state index contributed by atoms with van der Waals surface area (Å²) in [5.74, 6) is -0.215. The molecule has 5 heterocycles. The van der Waals surface area contributed by atoms with E-state index in [1.54, 1.807) is 33.9 Å². The lowest BCUT2D eigenvalue weighted by atomic mass is 9.83. The normalized spacial score (nSPS) is 21.4. The van der Waals surface area contributed by atoms with Gasteiger partial charge in [0.1, 0.15) is 11.8 Å². The lowest BCUT2D eigenvalue weighted by Crippen LogP contribution is -2.56. The van der Waals surface area contributed by atoms with Crippen molar-refractivity contribution in [3.05, 3.63) is 91.5 Å². The number of Topliss-reactive ketones (excluding diaryl/α,β-unsaturated/α-hetero) is 1. The van der Waals surface area contributed by atoms with E-state index in [0.717, 1.165) is 76.6 Å². The number of benzene rings is 1. The molecule has 1 aliphatic carbocycles. The Morgan fingerprint density at radius 1 is 0.915 bits per heavy atom. The van der Waals surface area contributed by atoms with Crippen molar-refractivity contribution < 1.29 is 19.5 Å². The average molecular weight is 937 g/mol. The summed E-state index contributed by atoms with van der Waals surface area (Å²) in [5.41, 5.74) is 2.92. The van der Waals surface area contributed by atoms with E-state index in [-0.39, 0.29) is 47.6 Å². The monoisotopic (exact) mass is 934 g/mol. The van der Waals surface area contributed by atoms with Gasteiger partial charge < -0.3 is 30.9 Å². The minimum Gasteiger partial charge on any atom is -0.506 e. The van der Waals surface area contributed by atoms with E-state index in [0.29, 0.717) is 58.9 Å². The molecule has 3 aliphatic heterocycles. The summed E-state index contributed by atoms with van der Waals surface area (Å²) in [6, 6.07) is 4.94. The molecule has 0 saturated carbocycles. The van der Waals surface area contributed by atoms with E-state index in [9.17, 15) is 24.3 Å². The number of aromatic nitrogens is 3. The number of likely N-dealkylation sites (tertiary alicyclic amines) is 2. The van der Waals surface area contributed by atoms with Crippen molar-refractivity contribution in [1.29, 1.82) is 0 Å². The molecule has 0 bridgehead atoms. The molecule has 3 saturated heterocycles. The summed E-state index contributed by atoms with van der Waals surface area (Å²) in [6.07, 6.45) is 21.7. The van der Waals surface area contributed by atoms with Gasteiger partial charge in [-0.2, -0.15) is 0 Å². The number of amides is 3. The number of H-pyrrole nitrogens is 1. The molecule has 316 valence electrons. The van der Waals surface area contributed by atoms with Crippen LogP contribution in [0.3, 0.4) is 0 Å². The number of urea groups is 1. The van der Waals surface area contributed by atoms with Gasteiger partial charge in [-0.25, -0.2) is 14.6 Å². The van der Waals surface area contributed by atoms with Crippen molar-refractivity contribution in [2.45, 2.75) is 95.2 Å². The lowest BCUT2D eigenvalue weighted by molar-refractivity contribution is -0.131. The first-order valence-corrected chi connectivity index (χ1v) is 22.8. The highest BCUT2D eigenvalue weighted by atomic mass is 79.9. The van der Waals surface area contributed by atoms with Gasteiger partial charge >= 0.3 is 11.7 Å². The van der Waals surface area contributed by atoms with Gasteiger partial charge in [0.05, 0.1) is 20.5 Å². The Morgan fingerprint density at radius 2 is 1.68 bits per heavy atom. The number of fused-ring (bicyclic) bond motifs is 1. The third-order valence-corrected chi connectivity index (χ3v) is 13.6.